The maximum atomic E-state index is 12.4. The Balaban J connectivity index is 2.29. The molecule has 3 amide bonds. The van der Waals surface area contributed by atoms with Crippen molar-refractivity contribution >= 4 is 51.6 Å². The van der Waals surface area contributed by atoms with Gasteiger partial charge in [0.1, 0.15) is 0 Å². The molecule has 6 heteroatoms. The van der Waals surface area contributed by atoms with Gasteiger partial charge in [0, 0.05) is 16.2 Å². The van der Waals surface area contributed by atoms with E-state index in [0.29, 0.717) is 17.1 Å². The number of nitrogens with one attached hydrogen (secondary N) is 1. The van der Waals surface area contributed by atoms with Crippen LogP contribution in [0.15, 0.2) is 48.5 Å². The molecule has 0 radical (unpaired) electrons. The molecule has 2 aromatic rings. The average molecular weight is 395 g/mol. The van der Waals surface area contributed by atoms with E-state index in [4.69, 9.17) is 5.73 Å². The summed E-state index contributed by atoms with van der Waals surface area (Å²) in [6, 6.07) is 13.4. The number of halogens is 1. The molecule has 5 nitrogen and oxygen atoms in total. The van der Waals surface area contributed by atoms with E-state index in [-0.39, 0.29) is 5.91 Å². The Morgan fingerprint density at radius 1 is 1.14 bits per heavy atom. The summed E-state index contributed by atoms with van der Waals surface area (Å²) in [6.45, 7) is 1.33. The van der Waals surface area contributed by atoms with Crippen LogP contribution >= 0.6 is 22.6 Å². The monoisotopic (exact) mass is 395 g/mol. The molecule has 21 heavy (non-hydrogen) atoms. The zero-order chi connectivity index (χ0) is 15.4. The number of benzene rings is 2. The molecule has 0 atom stereocenters. The maximum absolute atomic E-state index is 12.4. The highest BCUT2D eigenvalue weighted by Crippen LogP contribution is 2.21. The summed E-state index contributed by atoms with van der Waals surface area (Å²) in [5.41, 5.74) is 7.28. The molecule has 0 aromatic heterocycles. The first-order valence-electron chi connectivity index (χ1n) is 6.21. The number of rotatable bonds is 2. The zero-order valence-electron chi connectivity index (χ0n) is 11.3. The normalized spacial score (nSPS) is 10.0. The molecule has 0 spiro atoms. The van der Waals surface area contributed by atoms with Crippen molar-refractivity contribution < 1.29 is 9.59 Å². The third-order valence-corrected chi connectivity index (χ3v) is 3.70. The second-order valence-electron chi connectivity index (χ2n) is 4.36. The topological polar surface area (TPSA) is 75.4 Å². The van der Waals surface area contributed by atoms with Gasteiger partial charge in [-0.05, 0) is 52.9 Å². The summed E-state index contributed by atoms with van der Waals surface area (Å²) in [7, 11) is 0. The number of amides is 3. The van der Waals surface area contributed by atoms with Crippen LogP contribution in [0, 0.1) is 3.57 Å². The van der Waals surface area contributed by atoms with Crippen LogP contribution in [0.5, 0.6) is 0 Å². The van der Waals surface area contributed by atoms with Gasteiger partial charge in [-0.25, -0.2) is 9.69 Å². The summed E-state index contributed by atoms with van der Waals surface area (Å²) in [6.07, 6.45) is 0. The fraction of sp³-hybridized carbons (Fsp3) is 0.0667. The van der Waals surface area contributed by atoms with E-state index < -0.39 is 6.03 Å². The molecular weight excluding hydrogens is 381 g/mol. The van der Waals surface area contributed by atoms with Gasteiger partial charge in [0.2, 0.25) is 5.91 Å². The predicted molar refractivity (Wildman–Crippen MR) is 92.2 cm³/mol. The van der Waals surface area contributed by atoms with Crippen LogP contribution in [0.25, 0.3) is 0 Å². The van der Waals surface area contributed by atoms with Gasteiger partial charge in [0.05, 0.1) is 11.4 Å². The first-order chi connectivity index (χ1) is 9.99. The van der Waals surface area contributed by atoms with Gasteiger partial charge in [0.25, 0.3) is 0 Å². The van der Waals surface area contributed by atoms with Crippen molar-refractivity contribution in [2.75, 3.05) is 16.0 Å². The summed E-state index contributed by atoms with van der Waals surface area (Å²) in [4.78, 5) is 25.2. The van der Waals surface area contributed by atoms with E-state index in [9.17, 15) is 9.59 Å². The molecule has 0 heterocycles. The van der Waals surface area contributed by atoms with Gasteiger partial charge < -0.3 is 11.1 Å². The number of anilines is 3. The molecule has 0 fully saturated rings. The molecule has 0 unspecified atom stereocenters. The van der Waals surface area contributed by atoms with Gasteiger partial charge in [-0.15, -0.1) is 0 Å². The Hall–Kier alpha value is -2.09. The third-order valence-electron chi connectivity index (χ3n) is 2.76. The quantitative estimate of drug-likeness (QED) is 0.604. The highest BCUT2D eigenvalue weighted by Gasteiger charge is 2.21. The average Bonchev–Trinajstić information content (AvgIpc) is 2.41. The Morgan fingerprint density at radius 2 is 1.86 bits per heavy atom. The van der Waals surface area contributed by atoms with Crippen LogP contribution in [0.4, 0.5) is 21.9 Å². The second kappa shape index (κ2) is 6.57. The Kier molecular flexibility index (Phi) is 4.79. The number of carbonyl (C=O) groups is 2. The smallest absolute Gasteiger partial charge is 0.333 e. The van der Waals surface area contributed by atoms with Crippen molar-refractivity contribution in [2.45, 2.75) is 6.92 Å². The molecule has 0 saturated heterocycles. The Labute approximate surface area is 136 Å². The van der Waals surface area contributed by atoms with Gasteiger partial charge in [-0.1, -0.05) is 18.2 Å². The van der Waals surface area contributed by atoms with Crippen LogP contribution in [0.1, 0.15) is 6.92 Å². The Morgan fingerprint density at radius 3 is 2.48 bits per heavy atom. The van der Waals surface area contributed by atoms with E-state index in [1.807, 2.05) is 18.2 Å². The van der Waals surface area contributed by atoms with Gasteiger partial charge >= 0.3 is 6.03 Å². The first kappa shape index (κ1) is 15.3. The lowest BCUT2D eigenvalue weighted by atomic mass is 10.2. The van der Waals surface area contributed by atoms with Crippen molar-refractivity contribution in [1.29, 1.82) is 0 Å². The zero-order valence-corrected chi connectivity index (χ0v) is 13.5. The standard InChI is InChI=1S/C15H14IN3O2/c1-10(20)19(12-6-4-5-11(17)9-12)15(21)18-14-8-3-2-7-13(14)16/h2-9H,17H2,1H3,(H,18,21). The molecule has 2 aromatic carbocycles. The minimum Gasteiger partial charge on any atom is -0.399 e. The highest BCUT2D eigenvalue weighted by molar-refractivity contribution is 14.1. The van der Waals surface area contributed by atoms with E-state index in [1.165, 1.54) is 6.92 Å². The van der Waals surface area contributed by atoms with Gasteiger partial charge in [-0.2, -0.15) is 0 Å². The number of hydrogen-bond donors (Lipinski definition) is 2. The summed E-state index contributed by atoms with van der Waals surface area (Å²) in [5.74, 6) is -0.385. The van der Waals surface area contributed by atoms with E-state index in [2.05, 4.69) is 27.9 Å². The predicted octanol–water partition coefficient (Wildman–Crippen LogP) is 3.46. The largest absolute Gasteiger partial charge is 0.399 e. The van der Waals surface area contributed by atoms with Gasteiger partial charge in [-0.3, -0.25) is 4.79 Å². The number of nitrogens with two attached hydrogens (primary N) is 1. The number of hydrogen-bond acceptors (Lipinski definition) is 3. The van der Waals surface area contributed by atoms with E-state index in [0.717, 1.165) is 8.47 Å². The summed E-state index contributed by atoms with van der Waals surface area (Å²) < 4.78 is 0.888. The summed E-state index contributed by atoms with van der Waals surface area (Å²) >= 11 is 2.12. The minimum atomic E-state index is -0.516. The molecule has 3 N–H and O–H groups in total. The van der Waals surface area contributed by atoms with Crippen molar-refractivity contribution in [3.05, 3.63) is 52.1 Å². The molecule has 0 saturated carbocycles. The van der Waals surface area contributed by atoms with Crippen molar-refractivity contribution in [3.63, 3.8) is 0 Å². The minimum absolute atomic E-state index is 0.385. The van der Waals surface area contributed by atoms with E-state index in [1.54, 1.807) is 30.3 Å². The van der Waals surface area contributed by atoms with Crippen LogP contribution in [0.3, 0.4) is 0 Å². The molecule has 0 aliphatic carbocycles. The van der Waals surface area contributed by atoms with Crippen LogP contribution < -0.4 is 16.0 Å². The molecule has 0 aliphatic heterocycles. The van der Waals surface area contributed by atoms with Crippen LogP contribution in [-0.2, 0) is 4.79 Å². The first-order valence-corrected chi connectivity index (χ1v) is 7.28. The number of para-hydroxylation sites is 1. The fourth-order valence-corrected chi connectivity index (χ4v) is 2.36. The number of carbonyl (C=O) groups excluding carboxylic acids is 2. The van der Waals surface area contributed by atoms with Crippen LogP contribution in [0.2, 0.25) is 0 Å². The number of nitrogen functional groups attached to an aromatic ring is 1. The number of imide groups is 1. The van der Waals surface area contributed by atoms with Crippen molar-refractivity contribution in [3.8, 4) is 0 Å². The third kappa shape index (κ3) is 3.72. The molecule has 108 valence electrons. The van der Waals surface area contributed by atoms with Gasteiger partial charge in [0.15, 0.2) is 0 Å². The fourth-order valence-electron chi connectivity index (χ4n) is 1.84. The molecular formula is C15H14IN3O2. The highest BCUT2D eigenvalue weighted by atomic mass is 127. The van der Waals surface area contributed by atoms with Crippen molar-refractivity contribution in [1.82, 2.24) is 0 Å². The molecule has 2 rings (SSSR count). The van der Waals surface area contributed by atoms with E-state index >= 15 is 0 Å². The van der Waals surface area contributed by atoms with Crippen LogP contribution in [-0.4, -0.2) is 11.9 Å². The van der Waals surface area contributed by atoms with Crippen molar-refractivity contribution in [2.24, 2.45) is 0 Å². The maximum Gasteiger partial charge on any atom is 0.333 e. The molecule has 0 bridgehead atoms. The number of nitrogens with zero attached hydrogens (tertiary/aromatic N) is 1. The molecule has 0 aliphatic rings. The summed E-state index contributed by atoms with van der Waals surface area (Å²) in [5, 5.41) is 2.73. The lowest BCUT2D eigenvalue weighted by Gasteiger charge is -2.20. The lowest BCUT2D eigenvalue weighted by molar-refractivity contribution is -0.115. The lowest BCUT2D eigenvalue weighted by Crippen LogP contribution is -2.38. The number of urea groups is 1. The Bertz CT molecular complexity index is 688. The SMILES string of the molecule is CC(=O)N(C(=O)Nc1ccccc1I)c1cccc(N)c1. The second-order valence-corrected chi connectivity index (χ2v) is 5.52.